The number of hydrogen-bond acceptors (Lipinski definition) is 5. The minimum atomic E-state index is 0.887. The molecule has 0 aliphatic carbocycles. The van der Waals surface area contributed by atoms with Crippen molar-refractivity contribution in [2.45, 2.75) is 19.5 Å². The molecule has 4 rings (SSSR count). The Bertz CT molecular complexity index is 824. The molecule has 3 aromatic rings. The smallest absolute Gasteiger partial charge is 0.162 e. The lowest BCUT2D eigenvalue weighted by molar-refractivity contribution is 0.245. The number of hydrogen-bond donors (Lipinski definition) is 0. The maximum atomic E-state index is 4.78. The molecule has 0 atom stereocenters. The standard InChI is InChI=1S/C17H20N6/c1-21(2)16-6-9-23-17(19-16)14-12-22(8-5-15(14)20-23)11-13-4-3-7-18-10-13/h3-4,6-7,9-10H,5,8,11-12H2,1-2H3. The van der Waals surface area contributed by atoms with E-state index in [1.54, 1.807) is 0 Å². The predicted octanol–water partition coefficient (Wildman–Crippen LogP) is 1.75. The molecule has 6 nitrogen and oxygen atoms in total. The van der Waals surface area contributed by atoms with Crippen LogP contribution in [0.2, 0.25) is 0 Å². The van der Waals surface area contributed by atoms with E-state index >= 15 is 0 Å². The van der Waals surface area contributed by atoms with E-state index in [9.17, 15) is 0 Å². The van der Waals surface area contributed by atoms with E-state index in [0.29, 0.717) is 0 Å². The summed E-state index contributed by atoms with van der Waals surface area (Å²) in [5, 5.41) is 4.69. The maximum Gasteiger partial charge on any atom is 0.162 e. The summed E-state index contributed by atoms with van der Waals surface area (Å²) in [5.74, 6) is 0.963. The second-order valence-corrected chi connectivity index (χ2v) is 6.20. The summed E-state index contributed by atoms with van der Waals surface area (Å²) in [7, 11) is 4.02. The zero-order chi connectivity index (χ0) is 15.8. The molecular formula is C17H20N6. The molecule has 0 unspecified atom stereocenters. The Morgan fingerprint density at radius 3 is 2.96 bits per heavy atom. The van der Waals surface area contributed by atoms with Crippen LogP contribution in [0.4, 0.5) is 5.82 Å². The Morgan fingerprint density at radius 2 is 2.17 bits per heavy atom. The van der Waals surface area contributed by atoms with Gasteiger partial charge in [0.2, 0.25) is 0 Å². The molecule has 0 aromatic carbocycles. The molecule has 1 aliphatic heterocycles. The van der Waals surface area contributed by atoms with E-state index in [2.05, 4.69) is 16.0 Å². The lowest BCUT2D eigenvalue weighted by Crippen LogP contribution is -2.29. The number of pyridine rings is 1. The molecule has 0 saturated carbocycles. The number of rotatable bonds is 3. The van der Waals surface area contributed by atoms with Crippen molar-refractivity contribution in [2.24, 2.45) is 0 Å². The highest BCUT2D eigenvalue weighted by molar-refractivity contribution is 5.55. The SMILES string of the molecule is CN(C)c1ccn2nc3c(c2n1)CN(Cc1cccnc1)CC3. The Labute approximate surface area is 135 Å². The van der Waals surface area contributed by atoms with Gasteiger partial charge in [-0.3, -0.25) is 9.88 Å². The van der Waals surface area contributed by atoms with Gasteiger partial charge in [0.15, 0.2) is 5.65 Å². The number of aromatic nitrogens is 4. The fourth-order valence-electron chi connectivity index (χ4n) is 3.07. The maximum absolute atomic E-state index is 4.78. The highest BCUT2D eigenvalue weighted by Crippen LogP contribution is 2.24. The first kappa shape index (κ1) is 14.1. The van der Waals surface area contributed by atoms with Crippen LogP contribution in [0.15, 0.2) is 36.8 Å². The summed E-state index contributed by atoms with van der Waals surface area (Å²) in [5.41, 5.74) is 4.65. The molecule has 4 heterocycles. The van der Waals surface area contributed by atoms with Crippen LogP contribution in [-0.4, -0.2) is 45.1 Å². The van der Waals surface area contributed by atoms with Crippen LogP contribution in [0.5, 0.6) is 0 Å². The first-order chi connectivity index (χ1) is 11.2. The molecule has 0 N–H and O–H groups in total. The van der Waals surface area contributed by atoms with E-state index in [4.69, 9.17) is 10.1 Å². The van der Waals surface area contributed by atoms with Gasteiger partial charge in [-0.15, -0.1) is 0 Å². The second-order valence-electron chi connectivity index (χ2n) is 6.20. The molecule has 0 saturated heterocycles. The molecule has 3 aromatic heterocycles. The minimum absolute atomic E-state index is 0.887. The Morgan fingerprint density at radius 1 is 1.26 bits per heavy atom. The molecular weight excluding hydrogens is 288 g/mol. The molecule has 6 heteroatoms. The first-order valence-electron chi connectivity index (χ1n) is 7.86. The van der Waals surface area contributed by atoms with E-state index in [-0.39, 0.29) is 0 Å². The van der Waals surface area contributed by atoms with Gasteiger partial charge in [-0.25, -0.2) is 9.50 Å². The van der Waals surface area contributed by atoms with Crippen molar-refractivity contribution in [2.75, 3.05) is 25.5 Å². The fraction of sp³-hybridized carbons (Fsp3) is 0.353. The van der Waals surface area contributed by atoms with E-state index in [1.165, 1.54) is 16.8 Å². The molecule has 23 heavy (non-hydrogen) atoms. The van der Waals surface area contributed by atoms with Gasteiger partial charge >= 0.3 is 0 Å². The molecule has 0 fully saturated rings. The van der Waals surface area contributed by atoms with Gasteiger partial charge < -0.3 is 4.90 Å². The third kappa shape index (κ3) is 2.66. The Balaban J connectivity index is 1.65. The number of fused-ring (bicyclic) bond motifs is 3. The highest BCUT2D eigenvalue weighted by atomic mass is 15.3. The van der Waals surface area contributed by atoms with Crippen LogP contribution < -0.4 is 4.90 Å². The van der Waals surface area contributed by atoms with Gasteiger partial charge in [0.25, 0.3) is 0 Å². The van der Waals surface area contributed by atoms with Crippen LogP contribution in [0, 0.1) is 0 Å². The van der Waals surface area contributed by atoms with Crippen molar-refractivity contribution in [3.8, 4) is 0 Å². The summed E-state index contributed by atoms with van der Waals surface area (Å²) < 4.78 is 1.91. The average molecular weight is 308 g/mol. The largest absolute Gasteiger partial charge is 0.363 e. The third-order valence-electron chi connectivity index (χ3n) is 4.28. The predicted molar refractivity (Wildman–Crippen MR) is 89.4 cm³/mol. The van der Waals surface area contributed by atoms with E-state index in [0.717, 1.165) is 37.5 Å². The quantitative estimate of drug-likeness (QED) is 0.738. The minimum Gasteiger partial charge on any atom is -0.363 e. The van der Waals surface area contributed by atoms with Gasteiger partial charge in [-0.05, 0) is 17.7 Å². The van der Waals surface area contributed by atoms with Crippen molar-refractivity contribution in [1.29, 1.82) is 0 Å². The summed E-state index contributed by atoms with van der Waals surface area (Å²) >= 11 is 0. The summed E-state index contributed by atoms with van der Waals surface area (Å²) in [4.78, 5) is 13.4. The molecule has 118 valence electrons. The fourth-order valence-corrected chi connectivity index (χ4v) is 3.07. The van der Waals surface area contributed by atoms with Gasteiger partial charge in [-0.2, -0.15) is 5.10 Å². The first-order valence-corrected chi connectivity index (χ1v) is 7.86. The van der Waals surface area contributed by atoms with Gasteiger partial charge in [0, 0.05) is 64.3 Å². The zero-order valence-electron chi connectivity index (χ0n) is 13.5. The summed E-state index contributed by atoms with van der Waals surface area (Å²) in [6.07, 6.45) is 6.72. The van der Waals surface area contributed by atoms with Gasteiger partial charge in [0.05, 0.1) is 5.69 Å². The Kier molecular flexibility index (Phi) is 3.46. The van der Waals surface area contributed by atoms with Crippen LogP contribution in [0.25, 0.3) is 5.65 Å². The van der Waals surface area contributed by atoms with Crippen molar-refractivity contribution in [1.82, 2.24) is 24.5 Å². The lowest BCUT2D eigenvalue weighted by atomic mass is 10.1. The zero-order valence-corrected chi connectivity index (χ0v) is 13.5. The Hall–Kier alpha value is -2.47. The highest BCUT2D eigenvalue weighted by Gasteiger charge is 2.23. The van der Waals surface area contributed by atoms with Gasteiger partial charge in [-0.1, -0.05) is 6.07 Å². The van der Waals surface area contributed by atoms with Crippen molar-refractivity contribution < 1.29 is 0 Å². The summed E-state index contributed by atoms with van der Waals surface area (Å²) in [6, 6.07) is 6.12. The van der Waals surface area contributed by atoms with Crippen molar-refractivity contribution in [3.63, 3.8) is 0 Å². The number of anilines is 1. The molecule has 0 amide bonds. The van der Waals surface area contributed by atoms with Crippen LogP contribution in [-0.2, 0) is 19.5 Å². The van der Waals surface area contributed by atoms with Crippen molar-refractivity contribution >= 4 is 11.5 Å². The van der Waals surface area contributed by atoms with Crippen molar-refractivity contribution in [3.05, 3.63) is 53.6 Å². The van der Waals surface area contributed by atoms with Crippen LogP contribution >= 0.6 is 0 Å². The molecule has 0 spiro atoms. The summed E-state index contributed by atoms with van der Waals surface area (Å²) in [6.45, 7) is 2.82. The van der Waals surface area contributed by atoms with E-state index in [1.807, 2.05) is 54.2 Å². The van der Waals surface area contributed by atoms with Gasteiger partial charge in [0.1, 0.15) is 5.82 Å². The molecule has 0 bridgehead atoms. The lowest BCUT2D eigenvalue weighted by Gasteiger charge is -2.26. The van der Waals surface area contributed by atoms with E-state index < -0.39 is 0 Å². The molecule has 1 aliphatic rings. The molecule has 0 radical (unpaired) electrons. The topological polar surface area (TPSA) is 49.6 Å². The van der Waals surface area contributed by atoms with Crippen LogP contribution in [0.3, 0.4) is 0 Å². The third-order valence-corrected chi connectivity index (χ3v) is 4.28. The normalized spacial score (nSPS) is 14.9. The second kappa shape index (κ2) is 5.62. The van der Waals surface area contributed by atoms with Crippen LogP contribution in [0.1, 0.15) is 16.8 Å². The average Bonchev–Trinajstić information content (AvgIpc) is 2.93. The number of nitrogens with zero attached hydrogens (tertiary/aromatic N) is 6. The monoisotopic (exact) mass is 308 g/mol.